The molecule has 1 atom stereocenters. The third-order valence-electron chi connectivity index (χ3n) is 6.06. The lowest BCUT2D eigenvalue weighted by atomic mass is 9.86. The van der Waals surface area contributed by atoms with Crippen LogP contribution in [0.25, 0.3) is 0 Å². The summed E-state index contributed by atoms with van der Waals surface area (Å²) < 4.78 is 0. The van der Waals surface area contributed by atoms with E-state index in [-0.39, 0.29) is 23.6 Å². The molecule has 1 aromatic carbocycles. The average Bonchev–Trinajstić information content (AvgIpc) is 2.72. The van der Waals surface area contributed by atoms with Crippen LogP contribution in [0.5, 0.6) is 0 Å². The number of nitrogens with zero attached hydrogens (tertiary/aromatic N) is 2. The van der Waals surface area contributed by atoms with E-state index < -0.39 is 6.04 Å². The Morgan fingerprint density at radius 3 is 2.48 bits per heavy atom. The molecule has 1 heterocycles. The molecule has 0 saturated heterocycles. The molecule has 0 bridgehead atoms. The maximum absolute atomic E-state index is 13.3. The Labute approximate surface area is 173 Å². The molecule has 1 aromatic rings. The van der Waals surface area contributed by atoms with Crippen LogP contribution in [0.1, 0.15) is 63.0 Å². The Balaban J connectivity index is 1.85. The number of carbonyl (C=O) groups excluding carboxylic acids is 3. The van der Waals surface area contributed by atoms with E-state index in [1.807, 2.05) is 25.1 Å². The van der Waals surface area contributed by atoms with Gasteiger partial charge in [0.25, 0.3) is 0 Å². The van der Waals surface area contributed by atoms with E-state index in [2.05, 4.69) is 5.32 Å². The second-order valence-electron chi connectivity index (χ2n) is 8.54. The first-order valence-electron chi connectivity index (χ1n) is 10.8. The van der Waals surface area contributed by atoms with Crippen molar-refractivity contribution in [2.75, 3.05) is 19.4 Å². The predicted octanol–water partition coefficient (Wildman–Crippen LogP) is 3.35. The van der Waals surface area contributed by atoms with Gasteiger partial charge >= 0.3 is 0 Å². The van der Waals surface area contributed by atoms with E-state index in [0.717, 1.165) is 48.9 Å². The maximum atomic E-state index is 13.3. The van der Waals surface area contributed by atoms with Gasteiger partial charge in [-0.05, 0) is 42.5 Å². The standard InChI is InChI=1S/C23H33N3O3/c1-4-8-21(27)24-19-12-11-17-14-20(23(29)25(2)3)26(15-18(17)13-19)22(28)16-9-6-5-7-10-16/h11-13,16,20H,4-10,14-15H2,1-3H3,(H,24,27)/t20-/m1/s1. The van der Waals surface area contributed by atoms with Crippen molar-refractivity contribution in [3.8, 4) is 0 Å². The van der Waals surface area contributed by atoms with Crippen LogP contribution in [-0.2, 0) is 27.3 Å². The minimum Gasteiger partial charge on any atom is -0.347 e. The molecule has 158 valence electrons. The van der Waals surface area contributed by atoms with E-state index in [4.69, 9.17) is 0 Å². The van der Waals surface area contributed by atoms with E-state index in [1.165, 1.54) is 6.42 Å². The highest BCUT2D eigenvalue weighted by atomic mass is 16.2. The van der Waals surface area contributed by atoms with Gasteiger partial charge in [0, 0.05) is 45.1 Å². The second-order valence-corrected chi connectivity index (χ2v) is 8.54. The number of fused-ring (bicyclic) bond motifs is 1. The van der Waals surface area contributed by atoms with Gasteiger partial charge < -0.3 is 15.1 Å². The van der Waals surface area contributed by atoms with Crippen molar-refractivity contribution in [2.24, 2.45) is 5.92 Å². The average molecular weight is 400 g/mol. The molecule has 29 heavy (non-hydrogen) atoms. The van der Waals surface area contributed by atoms with Crippen LogP contribution in [0.4, 0.5) is 5.69 Å². The summed E-state index contributed by atoms with van der Waals surface area (Å²) >= 11 is 0. The van der Waals surface area contributed by atoms with Crippen molar-refractivity contribution < 1.29 is 14.4 Å². The largest absolute Gasteiger partial charge is 0.347 e. The van der Waals surface area contributed by atoms with Gasteiger partial charge in [-0.15, -0.1) is 0 Å². The van der Waals surface area contributed by atoms with Crippen molar-refractivity contribution in [1.82, 2.24) is 9.80 Å². The van der Waals surface area contributed by atoms with Gasteiger partial charge in [-0.3, -0.25) is 14.4 Å². The van der Waals surface area contributed by atoms with Crippen LogP contribution in [-0.4, -0.2) is 47.7 Å². The number of anilines is 1. The molecule has 0 unspecified atom stereocenters. The SMILES string of the molecule is CCCC(=O)Nc1ccc2c(c1)CN(C(=O)C1CCCCC1)[C@@H](C(=O)N(C)C)C2. The minimum absolute atomic E-state index is 0.000871. The van der Waals surface area contributed by atoms with Crippen molar-refractivity contribution in [3.05, 3.63) is 29.3 Å². The Kier molecular flexibility index (Phi) is 6.93. The van der Waals surface area contributed by atoms with E-state index in [0.29, 0.717) is 19.4 Å². The minimum atomic E-state index is -0.451. The zero-order valence-electron chi connectivity index (χ0n) is 17.9. The number of nitrogens with one attached hydrogen (secondary N) is 1. The van der Waals surface area contributed by atoms with Gasteiger partial charge in [0.15, 0.2) is 0 Å². The summed E-state index contributed by atoms with van der Waals surface area (Å²) in [5.41, 5.74) is 2.85. The molecule has 3 rings (SSSR count). The van der Waals surface area contributed by atoms with Crippen molar-refractivity contribution in [1.29, 1.82) is 0 Å². The molecule has 1 aliphatic carbocycles. The first-order chi connectivity index (χ1) is 13.9. The molecule has 1 fully saturated rings. The van der Waals surface area contributed by atoms with E-state index in [9.17, 15) is 14.4 Å². The third-order valence-corrected chi connectivity index (χ3v) is 6.06. The fourth-order valence-corrected chi connectivity index (χ4v) is 4.45. The maximum Gasteiger partial charge on any atom is 0.245 e. The number of hydrogen-bond donors (Lipinski definition) is 1. The highest BCUT2D eigenvalue weighted by Crippen LogP contribution is 2.32. The zero-order valence-corrected chi connectivity index (χ0v) is 17.9. The van der Waals surface area contributed by atoms with Crippen LogP contribution in [0.2, 0.25) is 0 Å². The molecule has 6 heteroatoms. The fourth-order valence-electron chi connectivity index (χ4n) is 4.45. The molecule has 1 saturated carbocycles. The van der Waals surface area contributed by atoms with E-state index >= 15 is 0 Å². The van der Waals surface area contributed by atoms with Crippen molar-refractivity contribution in [2.45, 2.75) is 70.9 Å². The summed E-state index contributed by atoms with van der Waals surface area (Å²) in [7, 11) is 3.49. The molecule has 3 amide bonds. The second kappa shape index (κ2) is 9.42. The fraction of sp³-hybridized carbons (Fsp3) is 0.609. The number of benzene rings is 1. The zero-order chi connectivity index (χ0) is 21.0. The topological polar surface area (TPSA) is 69.7 Å². The molecular formula is C23H33N3O3. The lowest BCUT2D eigenvalue weighted by Crippen LogP contribution is -2.53. The number of amides is 3. The first-order valence-corrected chi connectivity index (χ1v) is 10.8. The summed E-state index contributed by atoms with van der Waals surface area (Å²) in [6.07, 6.45) is 7.00. The summed E-state index contributed by atoms with van der Waals surface area (Å²) in [6.45, 7) is 2.40. The van der Waals surface area contributed by atoms with Crippen LogP contribution in [0.3, 0.4) is 0 Å². The lowest BCUT2D eigenvalue weighted by Gasteiger charge is -2.39. The monoisotopic (exact) mass is 399 g/mol. The van der Waals surface area contributed by atoms with Crippen molar-refractivity contribution >= 4 is 23.4 Å². The lowest BCUT2D eigenvalue weighted by molar-refractivity contribution is -0.149. The Morgan fingerprint density at radius 2 is 1.83 bits per heavy atom. The summed E-state index contributed by atoms with van der Waals surface area (Å²) in [6, 6.07) is 5.38. The van der Waals surface area contributed by atoms with E-state index in [1.54, 1.807) is 23.9 Å². The molecule has 6 nitrogen and oxygen atoms in total. The van der Waals surface area contributed by atoms with Crippen LogP contribution in [0.15, 0.2) is 18.2 Å². The number of carbonyl (C=O) groups is 3. The molecule has 0 spiro atoms. The summed E-state index contributed by atoms with van der Waals surface area (Å²) in [4.78, 5) is 41.5. The highest BCUT2D eigenvalue weighted by Gasteiger charge is 2.38. The summed E-state index contributed by atoms with van der Waals surface area (Å²) in [5, 5.41) is 2.94. The smallest absolute Gasteiger partial charge is 0.245 e. The van der Waals surface area contributed by atoms with Crippen LogP contribution < -0.4 is 5.32 Å². The van der Waals surface area contributed by atoms with Crippen LogP contribution >= 0.6 is 0 Å². The normalized spacial score (nSPS) is 19.4. The molecule has 1 aliphatic heterocycles. The number of hydrogen-bond acceptors (Lipinski definition) is 3. The quantitative estimate of drug-likeness (QED) is 0.825. The highest BCUT2D eigenvalue weighted by molar-refractivity contribution is 5.91. The Hall–Kier alpha value is -2.37. The van der Waals surface area contributed by atoms with Gasteiger partial charge in [-0.25, -0.2) is 0 Å². The molecule has 0 aromatic heterocycles. The van der Waals surface area contributed by atoms with Crippen molar-refractivity contribution in [3.63, 3.8) is 0 Å². The molecule has 1 N–H and O–H groups in total. The third kappa shape index (κ3) is 4.98. The van der Waals surface area contributed by atoms with Gasteiger partial charge in [0.1, 0.15) is 6.04 Å². The first kappa shape index (κ1) is 21.3. The number of likely N-dealkylation sites (N-methyl/N-ethyl adjacent to an activating group) is 1. The molecule has 2 aliphatic rings. The Morgan fingerprint density at radius 1 is 1.10 bits per heavy atom. The van der Waals surface area contributed by atoms with Gasteiger partial charge in [0.05, 0.1) is 0 Å². The van der Waals surface area contributed by atoms with Gasteiger partial charge in [-0.2, -0.15) is 0 Å². The molecular weight excluding hydrogens is 366 g/mol. The molecule has 0 radical (unpaired) electrons. The predicted molar refractivity (Wildman–Crippen MR) is 113 cm³/mol. The van der Waals surface area contributed by atoms with Gasteiger partial charge in [-0.1, -0.05) is 32.3 Å². The number of rotatable bonds is 5. The Bertz CT molecular complexity index is 769. The summed E-state index contributed by atoms with van der Waals surface area (Å²) in [5.74, 6) is 0.102. The van der Waals surface area contributed by atoms with Gasteiger partial charge in [0.2, 0.25) is 17.7 Å². The van der Waals surface area contributed by atoms with Crippen LogP contribution in [0, 0.1) is 5.92 Å².